The molecular weight excluding hydrogens is 448 g/mol. The van der Waals surface area contributed by atoms with Crippen molar-refractivity contribution in [3.8, 4) is 0 Å². The molecule has 1 unspecified atom stereocenters. The van der Waals surface area contributed by atoms with Crippen LogP contribution in [0.15, 0.2) is 133 Å². The summed E-state index contributed by atoms with van der Waals surface area (Å²) in [6, 6.07) is 43.8. The molecule has 1 aliphatic heterocycles. The molecular formula is C35H36N2. The molecule has 1 aliphatic rings. The molecule has 2 heteroatoms. The van der Waals surface area contributed by atoms with Crippen molar-refractivity contribution in [2.75, 3.05) is 26.2 Å². The lowest BCUT2D eigenvalue weighted by atomic mass is 9.96. The van der Waals surface area contributed by atoms with Crippen molar-refractivity contribution >= 4 is 12.2 Å². The second-order valence-corrected chi connectivity index (χ2v) is 9.68. The van der Waals surface area contributed by atoms with E-state index in [9.17, 15) is 0 Å². The van der Waals surface area contributed by atoms with Gasteiger partial charge in [-0.05, 0) is 28.7 Å². The standard InChI is InChI=1S/C35H36N2/c1-5-14-30(15-6-1)18-13-23-34(25-24-31-16-7-2-8-17-31)36-26-28-37(29-27-36)35(32-19-9-3-10-20-32)33-21-11-4-12-22-33/h1-22,24-25,34-35H,23,26-29H2. The van der Waals surface area contributed by atoms with Gasteiger partial charge in [0.05, 0.1) is 6.04 Å². The Hall–Kier alpha value is -3.72. The molecule has 0 N–H and O–H groups in total. The Morgan fingerprint density at radius 2 is 0.946 bits per heavy atom. The number of piperazine rings is 1. The summed E-state index contributed by atoms with van der Waals surface area (Å²) in [5, 5.41) is 0. The van der Waals surface area contributed by atoms with Crippen molar-refractivity contribution in [2.24, 2.45) is 0 Å². The molecule has 1 saturated heterocycles. The van der Waals surface area contributed by atoms with Gasteiger partial charge in [-0.1, -0.05) is 146 Å². The Morgan fingerprint density at radius 1 is 0.514 bits per heavy atom. The topological polar surface area (TPSA) is 6.48 Å². The first-order valence-electron chi connectivity index (χ1n) is 13.4. The van der Waals surface area contributed by atoms with Gasteiger partial charge >= 0.3 is 0 Å². The van der Waals surface area contributed by atoms with E-state index in [1.807, 2.05) is 0 Å². The molecule has 0 radical (unpaired) electrons. The highest BCUT2D eigenvalue weighted by Crippen LogP contribution is 2.30. The third-order valence-corrected chi connectivity index (χ3v) is 7.21. The van der Waals surface area contributed by atoms with Gasteiger partial charge in [0.2, 0.25) is 0 Å². The van der Waals surface area contributed by atoms with Crippen LogP contribution in [0.1, 0.15) is 34.7 Å². The number of hydrogen-bond acceptors (Lipinski definition) is 2. The molecule has 0 amide bonds. The minimum absolute atomic E-state index is 0.292. The number of rotatable bonds is 9. The lowest BCUT2D eigenvalue weighted by molar-refractivity contribution is 0.0928. The minimum Gasteiger partial charge on any atom is -0.294 e. The lowest BCUT2D eigenvalue weighted by Crippen LogP contribution is -2.50. The van der Waals surface area contributed by atoms with Crippen LogP contribution in [0.4, 0.5) is 0 Å². The molecule has 0 bridgehead atoms. The Balaban J connectivity index is 1.31. The van der Waals surface area contributed by atoms with Crippen molar-refractivity contribution in [2.45, 2.75) is 18.5 Å². The summed E-state index contributed by atoms with van der Waals surface area (Å²) in [5.74, 6) is 0. The maximum Gasteiger partial charge on any atom is 0.0602 e. The maximum atomic E-state index is 2.65. The Bertz CT molecular complexity index is 1200. The fourth-order valence-corrected chi connectivity index (χ4v) is 5.26. The molecule has 0 aliphatic carbocycles. The molecule has 1 atom stereocenters. The van der Waals surface area contributed by atoms with Gasteiger partial charge in [0, 0.05) is 32.2 Å². The quantitative estimate of drug-likeness (QED) is 0.242. The van der Waals surface area contributed by atoms with Crippen molar-refractivity contribution in [1.82, 2.24) is 9.80 Å². The van der Waals surface area contributed by atoms with E-state index in [0.717, 1.165) is 32.6 Å². The fraction of sp³-hybridized carbons (Fsp3) is 0.200. The predicted octanol–water partition coefficient (Wildman–Crippen LogP) is 7.58. The number of nitrogens with zero attached hydrogens (tertiary/aromatic N) is 2. The first-order chi connectivity index (χ1) is 18.4. The molecule has 0 saturated carbocycles. The van der Waals surface area contributed by atoms with Crippen LogP contribution in [0.3, 0.4) is 0 Å². The van der Waals surface area contributed by atoms with Gasteiger partial charge in [0.15, 0.2) is 0 Å². The SMILES string of the molecule is C(=Cc1ccccc1)CC(C=Cc1ccccc1)N1CCN(C(c2ccccc2)c2ccccc2)CC1. The first kappa shape index (κ1) is 25.0. The second-order valence-electron chi connectivity index (χ2n) is 9.68. The van der Waals surface area contributed by atoms with Crippen molar-refractivity contribution in [3.05, 3.63) is 156 Å². The number of benzene rings is 4. The maximum absolute atomic E-state index is 2.65. The van der Waals surface area contributed by atoms with Gasteiger partial charge in [-0.25, -0.2) is 0 Å². The van der Waals surface area contributed by atoms with E-state index in [1.54, 1.807) is 0 Å². The van der Waals surface area contributed by atoms with Crippen molar-refractivity contribution in [1.29, 1.82) is 0 Å². The average molecular weight is 485 g/mol. The van der Waals surface area contributed by atoms with E-state index < -0.39 is 0 Å². The molecule has 186 valence electrons. The van der Waals surface area contributed by atoms with Gasteiger partial charge in [-0.3, -0.25) is 9.80 Å². The third kappa shape index (κ3) is 6.95. The summed E-state index contributed by atoms with van der Waals surface area (Å²) < 4.78 is 0. The van der Waals surface area contributed by atoms with Gasteiger partial charge in [0.25, 0.3) is 0 Å². The summed E-state index contributed by atoms with van der Waals surface area (Å²) in [6.07, 6.45) is 10.3. The molecule has 37 heavy (non-hydrogen) atoms. The van der Waals surface area contributed by atoms with E-state index in [2.05, 4.69) is 155 Å². The molecule has 0 spiro atoms. The highest BCUT2D eigenvalue weighted by atomic mass is 15.3. The zero-order valence-corrected chi connectivity index (χ0v) is 21.4. The lowest BCUT2D eigenvalue weighted by Gasteiger charge is -2.42. The predicted molar refractivity (Wildman–Crippen MR) is 157 cm³/mol. The molecule has 5 rings (SSSR count). The first-order valence-corrected chi connectivity index (χ1v) is 13.4. The molecule has 4 aromatic carbocycles. The minimum atomic E-state index is 0.292. The van der Waals surface area contributed by atoms with Crippen molar-refractivity contribution < 1.29 is 0 Å². The van der Waals surface area contributed by atoms with Crippen LogP contribution in [-0.4, -0.2) is 42.0 Å². The van der Waals surface area contributed by atoms with Crippen LogP contribution in [0.2, 0.25) is 0 Å². The van der Waals surface area contributed by atoms with E-state index in [-0.39, 0.29) is 0 Å². The van der Waals surface area contributed by atoms with Crippen LogP contribution in [-0.2, 0) is 0 Å². The normalized spacial score (nSPS) is 16.0. The molecule has 0 aromatic heterocycles. The van der Waals surface area contributed by atoms with Crippen LogP contribution in [0.5, 0.6) is 0 Å². The Kier molecular flexibility index (Phi) is 8.77. The van der Waals surface area contributed by atoms with Gasteiger partial charge in [0.1, 0.15) is 0 Å². The van der Waals surface area contributed by atoms with E-state index in [0.29, 0.717) is 12.1 Å². The summed E-state index contributed by atoms with van der Waals surface area (Å²) in [4.78, 5) is 5.30. The average Bonchev–Trinajstić information content (AvgIpc) is 2.98. The smallest absolute Gasteiger partial charge is 0.0602 e. The summed E-state index contributed by atoms with van der Waals surface area (Å²) in [6.45, 7) is 4.21. The van der Waals surface area contributed by atoms with E-state index in [1.165, 1.54) is 22.3 Å². The van der Waals surface area contributed by atoms with Gasteiger partial charge < -0.3 is 0 Å². The van der Waals surface area contributed by atoms with Crippen LogP contribution in [0.25, 0.3) is 12.2 Å². The molecule has 4 aromatic rings. The van der Waals surface area contributed by atoms with Crippen LogP contribution < -0.4 is 0 Å². The van der Waals surface area contributed by atoms with E-state index >= 15 is 0 Å². The largest absolute Gasteiger partial charge is 0.294 e. The van der Waals surface area contributed by atoms with Crippen molar-refractivity contribution in [3.63, 3.8) is 0 Å². The molecule has 1 heterocycles. The van der Waals surface area contributed by atoms with E-state index in [4.69, 9.17) is 0 Å². The summed E-state index contributed by atoms with van der Waals surface area (Å²) in [5.41, 5.74) is 5.25. The number of hydrogen-bond donors (Lipinski definition) is 0. The Morgan fingerprint density at radius 3 is 1.46 bits per heavy atom. The van der Waals surface area contributed by atoms with Gasteiger partial charge in [-0.15, -0.1) is 0 Å². The van der Waals surface area contributed by atoms with Gasteiger partial charge in [-0.2, -0.15) is 0 Å². The zero-order valence-electron chi connectivity index (χ0n) is 21.4. The molecule has 2 nitrogen and oxygen atoms in total. The highest BCUT2D eigenvalue weighted by Gasteiger charge is 2.28. The second kappa shape index (κ2) is 13.0. The molecule has 1 fully saturated rings. The summed E-state index contributed by atoms with van der Waals surface area (Å²) >= 11 is 0. The monoisotopic (exact) mass is 484 g/mol. The Labute approximate surface area is 222 Å². The third-order valence-electron chi connectivity index (χ3n) is 7.21. The fourth-order valence-electron chi connectivity index (χ4n) is 5.26. The van der Waals surface area contributed by atoms with Crippen LogP contribution in [0, 0.1) is 0 Å². The highest BCUT2D eigenvalue weighted by molar-refractivity contribution is 5.51. The summed E-state index contributed by atoms with van der Waals surface area (Å²) in [7, 11) is 0. The van der Waals surface area contributed by atoms with Crippen LogP contribution >= 0.6 is 0 Å². The zero-order chi connectivity index (χ0) is 25.1.